The summed E-state index contributed by atoms with van der Waals surface area (Å²) in [5, 5.41) is 0. The van der Waals surface area contributed by atoms with E-state index in [2.05, 4.69) is 93.7 Å². The monoisotopic (exact) mass is 1100 g/mol. The third-order valence-electron chi connectivity index (χ3n) is 15.2. The van der Waals surface area contributed by atoms with E-state index in [9.17, 15) is 14.4 Å². The number of carbonyl (C=O) groups is 3. The third-order valence-corrected chi connectivity index (χ3v) is 15.2. The standard InChI is InChI=1S/C73H130O6/c1-4-7-10-13-16-19-21-23-25-27-29-31-32-33-34-35-36-37-38-39-40-42-43-45-47-49-51-54-57-60-63-66-72(75)78-69-70(68-77-71(74)65-62-59-56-53-18-15-12-9-6-3)79-73(76)67-64-61-58-55-52-50-48-46-44-41-30-28-26-24-22-20-17-14-11-8-5-2/h7,10,16,19,23,25,29,31,33-34,36-37,70H,4-6,8-9,11-15,17-18,20-22,24,26-28,30,32,35,38-69H2,1-3H3/b10-7-,19-16-,25-23-,31-29-,34-33-,37-36-. The number of hydrogen-bond donors (Lipinski definition) is 0. The van der Waals surface area contributed by atoms with Gasteiger partial charge in [0.2, 0.25) is 0 Å². The van der Waals surface area contributed by atoms with Gasteiger partial charge in [-0.2, -0.15) is 0 Å². The van der Waals surface area contributed by atoms with E-state index < -0.39 is 6.10 Å². The predicted octanol–water partition coefficient (Wildman–Crippen LogP) is 23.7. The second-order valence-corrected chi connectivity index (χ2v) is 23.1. The molecule has 6 heteroatoms. The van der Waals surface area contributed by atoms with Crippen molar-refractivity contribution in [2.75, 3.05) is 13.2 Å². The van der Waals surface area contributed by atoms with Crippen molar-refractivity contribution in [3.05, 3.63) is 72.9 Å². The summed E-state index contributed by atoms with van der Waals surface area (Å²) in [7, 11) is 0. The molecule has 0 aliphatic carbocycles. The number of hydrogen-bond acceptors (Lipinski definition) is 6. The first-order valence-corrected chi connectivity index (χ1v) is 34.4. The van der Waals surface area contributed by atoms with Crippen LogP contribution < -0.4 is 0 Å². The van der Waals surface area contributed by atoms with Crippen LogP contribution in [-0.2, 0) is 28.6 Å². The molecule has 0 heterocycles. The maximum atomic E-state index is 12.9. The lowest BCUT2D eigenvalue weighted by Gasteiger charge is -2.18. The summed E-state index contributed by atoms with van der Waals surface area (Å²) in [4.78, 5) is 38.3. The first-order valence-electron chi connectivity index (χ1n) is 34.4. The van der Waals surface area contributed by atoms with E-state index in [1.54, 1.807) is 0 Å². The Hall–Kier alpha value is -3.15. The van der Waals surface area contributed by atoms with Crippen LogP contribution in [0.4, 0.5) is 0 Å². The van der Waals surface area contributed by atoms with Crippen molar-refractivity contribution in [2.24, 2.45) is 0 Å². The van der Waals surface area contributed by atoms with E-state index >= 15 is 0 Å². The van der Waals surface area contributed by atoms with E-state index in [1.807, 2.05) is 0 Å². The van der Waals surface area contributed by atoms with Crippen LogP contribution in [0.25, 0.3) is 0 Å². The number of allylic oxidation sites excluding steroid dienone is 12. The van der Waals surface area contributed by atoms with Crippen molar-refractivity contribution >= 4 is 17.9 Å². The quantitative estimate of drug-likeness (QED) is 0.0261. The van der Waals surface area contributed by atoms with E-state index in [4.69, 9.17) is 14.2 Å². The van der Waals surface area contributed by atoms with Gasteiger partial charge in [-0.1, -0.05) is 338 Å². The predicted molar refractivity (Wildman–Crippen MR) is 344 cm³/mol. The molecule has 6 nitrogen and oxygen atoms in total. The van der Waals surface area contributed by atoms with Crippen LogP contribution in [0.15, 0.2) is 72.9 Å². The highest BCUT2D eigenvalue weighted by Gasteiger charge is 2.19. The summed E-state index contributed by atoms with van der Waals surface area (Å²) in [5.41, 5.74) is 0. The van der Waals surface area contributed by atoms with E-state index in [0.29, 0.717) is 19.3 Å². The Morgan fingerprint density at radius 2 is 0.494 bits per heavy atom. The van der Waals surface area contributed by atoms with Crippen molar-refractivity contribution in [3.63, 3.8) is 0 Å². The zero-order valence-corrected chi connectivity index (χ0v) is 52.6. The van der Waals surface area contributed by atoms with Crippen molar-refractivity contribution in [3.8, 4) is 0 Å². The lowest BCUT2D eigenvalue weighted by Crippen LogP contribution is -2.30. The van der Waals surface area contributed by atoms with Gasteiger partial charge in [-0.15, -0.1) is 0 Å². The molecule has 0 amide bonds. The summed E-state index contributed by atoms with van der Waals surface area (Å²) in [5.74, 6) is -0.853. The molecule has 0 spiro atoms. The van der Waals surface area contributed by atoms with Gasteiger partial charge in [-0.3, -0.25) is 14.4 Å². The Morgan fingerprint density at radius 1 is 0.266 bits per heavy atom. The Bertz CT molecular complexity index is 1450. The Kier molecular flexibility index (Phi) is 64.7. The van der Waals surface area contributed by atoms with E-state index in [0.717, 1.165) is 96.3 Å². The van der Waals surface area contributed by atoms with Crippen LogP contribution in [0, 0.1) is 0 Å². The third kappa shape index (κ3) is 65.5. The van der Waals surface area contributed by atoms with E-state index in [1.165, 1.54) is 218 Å². The Balaban J connectivity index is 4.13. The first-order chi connectivity index (χ1) is 39.0. The average Bonchev–Trinajstić information content (AvgIpc) is 3.45. The largest absolute Gasteiger partial charge is 0.462 e. The molecule has 0 N–H and O–H groups in total. The number of rotatable bonds is 63. The maximum Gasteiger partial charge on any atom is 0.306 e. The number of ether oxygens (including phenoxy) is 3. The molecule has 0 aromatic carbocycles. The lowest BCUT2D eigenvalue weighted by atomic mass is 10.0. The molecule has 1 unspecified atom stereocenters. The van der Waals surface area contributed by atoms with Crippen molar-refractivity contribution < 1.29 is 28.6 Å². The van der Waals surface area contributed by atoms with Gasteiger partial charge in [0, 0.05) is 19.3 Å². The van der Waals surface area contributed by atoms with Gasteiger partial charge in [0.15, 0.2) is 6.10 Å². The average molecular weight is 1100 g/mol. The molecule has 0 aromatic heterocycles. The van der Waals surface area contributed by atoms with Gasteiger partial charge in [0.05, 0.1) is 0 Å². The van der Waals surface area contributed by atoms with Gasteiger partial charge < -0.3 is 14.2 Å². The van der Waals surface area contributed by atoms with Gasteiger partial charge in [-0.25, -0.2) is 0 Å². The molecular formula is C73H130O6. The second kappa shape index (κ2) is 67.4. The highest BCUT2D eigenvalue weighted by Crippen LogP contribution is 2.18. The van der Waals surface area contributed by atoms with Crippen LogP contribution in [0.3, 0.4) is 0 Å². The minimum absolute atomic E-state index is 0.0698. The maximum absolute atomic E-state index is 12.9. The second-order valence-electron chi connectivity index (χ2n) is 23.1. The Morgan fingerprint density at radius 3 is 0.772 bits per heavy atom. The van der Waals surface area contributed by atoms with Crippen LogP contribution in [0.5, 0.6) is 0 Å². The highest BCUT2D eigenvalue weighted by atomic mass is 16.6. The summed E-state index contributed by atoms with van der Waals surface area (Å²) >= 11 is 0. The topological polar surface area (TPSA) is 78.9 Å². The van der Waals surface area contributed by atoms with Crippen LogP contribution >= 0.6 is 0 Å². The fourth-order valence-corrected chi connectivity index (χ4v) is 10.1. The molecule has 0 saturated carbocycles. The molecule has 0 radical (unpaired) electrons. The molecular weight excluding hydrogens is 973 g/mol. The summed E-state index contributed by atoms with van der Waals surface area (Å²) in [6, 6.07) is 0. The molecule has 458 valence electrons. The zero-order chi connectivity index (χ0) is 57.1. The molecule has 0 bridgehead atoms. The fourth-order valence-electron chi connectivity index (χ4n) is 10.1. The Labute approximate surface area is 491 Å². The zero-order valence-electron chi connectivity index (χ0n) is 52.6. The highest BCUT2D eigenvalue weighted by molar-refractivity contribution is 5.71. The minimum atomic E-state index is -0.772. The molecule has 0 aliphatic heterocycles. The van der Waals surface area contributed by atoms with Gasteiger partial charge in [0.1, 0.15) is 13.2 Å². The molecule has 0 rings (SSSR count). The molecule has 0 fully saturated rings. The summed E-state index contributed by atoms with van der Waals surface area (Å²) in [6.45, 7) is 6.56. The normalized spacial score (nSPS) is 12.5. The van der Waals surface area contributed by atoms with Crippen LogP contribution in [-0.4, -0.2) is 37.2 Å². The number of esters is 3. The van der Waals surface area contributed by atoms with Crippen molar-refractivity contribution in [1.29, 1.82) is 0 Å². The van der Waals surface area contributed by atoms with Crippen molar-refractivity contribution in [2.45, 2.75) is 361 Å². The van der Waals surface area contributed by atoms with E-state index in [-0.39, 0.29) is 31.1 Å². The van der Waals surface area contributed by atoms with Gasteiger partial charge in [0.25, 0.3) is 0 Å². The van der Waals surface area contributed by atoms with Gasteiger partial charge >= 0.3 is 17.9 Å². The number of carbonyl (C=O) groups excluding carboxylic acids is 3. The molecule has 1 atom stereocenters. The van der Waals surface area contributed by atoms with Gasteiger partial charge in [-0.05, 0) is 70.6 Å². The first kappa shape index (κ1) is 75.8. The molecule has 0 aromatic rings. The van der Waals surface area contributed by atoms with Crippen LogP contribution in [0.1, 0.15) is 355 Å². The summed E-state index contributed by atoms with van der Waals surface area (Å²) < 4.78 is 16.9. The lowest BCUT2D eigenvalue weighted by molar-refractivity contribution is -0.167. The smallest absolute Gasteiger partial charge is 0.306 e. The fraction of sp³-hybridized carbons (Fsp3) is 0.795. The minimum Gasteiger partial charge on any atom is -0.462 e. The van der Waals surface area contributed by atoms with Crippen LogP contribution in [0.2, 0.25) is 0 Å². The summed E-state index contributed by atoms with van der Waals surface area (Å²) in [6.07, 6.45) is 87.9. The molecule has 0 aliphatic rings. The number of unbranched alkanes of at least 4 members (excludes halogenated alkanes) is 40. The SMILES string of the molecule is CC/C=C\C/C=C\C/C=C\C/C=C\C/C=C\C/C=C\CCCCCCCCCCCCCCC(=O)OCC(COC(=O)CCCCCCCCCCC)OC(=O)CCCCCCCCCCCCCCCCCCCCCCC. The molecule has 0 saturated heterocycles. The van der Waals surface area contributed by atoms with Crippen molar-refractivity contribution in [1.82, 2.24) is 0 Å². The molecule has 79 heavy (non-hydrogen) atoms.